The molecule has 2 aromatic heterocycles. The summed E-state index contributed by atoms with van der Waals surface area (Å²) in [6.07, 6.45) is 1.38. The van der Waals surface area contributed by atoms with Crippen molar-refractivity contribution in [2.24, 2.45) is 5.92 Å². The molecule has 3 aromatic rings. The topological polar surface area (TPSA) is 130 Å². The zero-order valence-corrected chi connectivity index (χ0v) is 17.0. The van der Waals surface area contributed by atoms with E-state index in [1.807, 2.05) is 45.9 Å². The average Bonchev–Trinajstić information content (AvgIpc) is 3.02. The molecule has 0 aliphatic heterocycles. The molecule has 2 heterocycles. The Bertz CT molecular complexity index is 1040. The van der Waals surface area contributed by atoms with Crippen molar-refractivity contribution in [3.8, 4) is 0 Å². The van der Waals surface area contributed by atoms with Crippen LogP contribution in [0.25, 0.3) is 10.2 Å². The Hall–Kier alpha value is -3.07. The highest BCUT2D eigenvalue weighted by atomic mass is 32.1. The van der Waals surface area contributed by atoms with Gasteiger partial charge in [-0.05, 0) is 26.0 Å². The molecule has 0 unspecified atom stereocenters. The summed E-state index contributed by atoms with van der Waals surface area (Å²) in [5.41, 5.74) is 8.17. The molecular formula is C19H23N7OS. The number of nitrogens with one attached hydrogen (secondary N) is 3. The van der Waals surface area contributed by atoms with Crippen LogP contribution in [0.15, 0.2) is 24.5 Å². The van der Waals surface area contributed by atoms with Gasteiger partial charge in [0.25, 0.3) is 0 Å². The predicted molar refractivity (Wildman–Crippen MR) is 114 cm³/mol. The van der Waals surface area contributed by atoms with Gasteiger partial charge in [-0.2, -0.15) is 0 Å². The predicted octanol–water partition coefficient (Wildman–Crippen LogP) is 3.50. The number of thiazole rings is 1. The molecule has 8 nitrogen and oxygen atoms in total. The third-order valence-corrected chi connectivity index (χ3v) is 4.92. The van der Waals surface area contributed by atoms with E-state index in [0.717, 1.165) is 10.2 Å². The number of nitrogen functional groups attached to an aromatic ring is 1. The number of fused-ring (bicyclic) bond motifs is 1. The number of hydrogen-bond donors (Lipinski definition) is 4. The largest absolute Gasteiger partial charge is 0.383 e. The monoisotopic (exact) mass is 397 g/mol. The second-order valence-electron chi connectivity index (χ2n) is 7.00. The fraction of sp³-hybridized carbons (Fsp3) is 0.316. The molecule has 3 rings (SSSR count). The van der Waals surface area contributed by atoms with Crippen LogP contribution in [-0.4, -0.2) is 32.6 Å². The van der Waals surface area contributed by atoms with Crippen molar-refractivity contribution < 1.29 is 4.79 Å². The van der Waals surface area contributed by atoms with Crippen molar-refractivity contribution in [1.29, 1.82) is 5.41 Å². The SMILES string of the molecule is CC(C)Nc1ncnc(N)c1C(=N)c1ccc2nc(NC(=O)C(C)C)sc2c1. The van der Waals surface area contributed by atoms with Gasteiger partial charge in [0.05, 0.1) is 21.5 Å². The number of anilines is 3. The van der Waals surface area contributed by atoms with Gasteiger partial charge in [-0.15, -0.1) is 0 Å². The van der Waals surface area contributed by atoms with E-state index in [-0.39, 0.29) is 29.4 Å². The molecule has 0 aliphatic carbocycles. The summed E-state index contributed by atoms with van der Waals surface area (Å²) in [5.74, 6) is 0.577. The lowest BCUT2D eigenvalue weighted by Crippen LogP contribution is -2.17. The summed E-state index contributed by atoms with van der Waals surface area (Å²) < 4.78 is 0.870. The van der Waals surface area contributed by atoms with Crippen LogP contribution < -0.4 is 16.4 Å². The van der Waals surface area contributed by atoms with Gasteiger partial charge in [-0.25, -0.2) is 15.0 Å². The minimum atomic E-state index is -0.122. The minimum Gasteiger partial charge on any atom is -0.383 e. The van der Waals surface area contributed by atoms with E-state index < -0.39 is 0 Å². The van der Waals surface area contributed by atoms with E-state index in [4.69, 9.17) is 11.1 Å². The standard InChI is InChI=1S/C19H23N7OS/c1-9(2)18(27)26-19-25-12-6-5-11(7-13(12)28-19)15(20)14-16(21)22-8-23-17(14)24-10(3)4/h5-10,20H,1-4H3,(H,25,26,27)(H3,21,22,23,24). The van der Waals surface area contributed by atoms with Gasteiger partial charge in [0.15, 0.2) is 5.13 Å². The summed E-state index contributed by atoms with van der Waals surface area (Å²) in [6.45, 7) is 7.64. The van der Waals surface area contributed by atoms with Crippen molar-refractivity contribution in [2.45, 2.75) is 33.7 Å². The molecule has 0 spiro atoms. The van der Waals surface area contributed by atoms with Crippen LogP contribution in [-0.2, 0) is 4.79 Å². The van der Waals surface area contributed by atoms with Crippen LogP contribution in [0, 0.1) is 11.3 Å². The molecule has 1 aromatic carbocycles. The van der Waals surface area contributed by atoms with E-state index in [2.05, 4.69) is 25.6 Å². The molecule has 0 saturated carbocycles. The molecule has 0 atom stereocenters. The van der Waals surface area contributed by atoms with Crippen molar-refractivity contribution in [3.63, 3.8) is 0 Å². The molecule has 0 bridgehead atoms. The van der Waals surface area contributed by atoms with E-state index >= 15 is 0 Å². The number of nitrogens with two attached hydrogens (primary N) is 1. The van der Waals surface area contributed by atoms with Crippen molar-refractivity contribution >= 4 is 49.9 Å². The first-order valence-electron chi connectivity index (χ1n) is 8.94. The van der Waals surface area contributed by atoms with Crippen LogP contribution in [0.2, 0.25) is 0 Å². The Morgan fingerprint density at radius 1 is 1.21 bits per heavy atom. The summed E-state index contributed by atoms with van der Waals surface area (Å²) >= 11 is 1.37. The van der Waals surface area contributed by atoms with Gasteiger partial charge in [0.2, 0.25) is 5.91 Å². The van der Waals surface area contributed by atoms with E-state index in [0.29, 0.717) is 22.1 Å². The number of benzene rings is 1. The number of carbonyl (C=O) groups is 1. The van der Waals surface area contributed by atoms with Crippen molar-refractivity contribution in [1.82, 2.24) is 15.0 Å². The van der Waals surface area contributed by atoms with Crippen molar-refractivity contribution in [3.05, 3.63) is 35.7 Å². The zero-order valence-electron chi connectivity index (χ0n) is 16.2. The number of amides is 1. The zero-order chi connectivity index (χ0) is 20.4. The Morgan fingerprint density at radius 2 is 1.96 bits per heavy atom. The normalized spacial score (nSPS) is 11.2. The number of carbonyl (C=O) groups excluding carboxylic acids is 1. The van der Waals surface area contributed by atoms with Crippen LogP contribution >= 0.6 is 11.3 Å². The number of nitrogens with zero attached hydrogens (tertiary/aromatic N) is 3. The van der Waals surface area contributed by atoms with Crippen molar-refractivity contribution in [2.75, 3.05) is 16.4 Å². The molecular weight excluding hydrogens is 374 g/mol. The number of rotatable bonds is 6. The van der Waals surface area contributed by atoms with Gasteiger partial charge >= 0.3 is 0 Å². The molecule has 0 fully saturated rings. The quantitative estimate of drug-likeness (QED) is 0.471. The third kappa shape index (κ3) is 4.09. The van der Waals surface area contributed by atoms with Gasteiger partial charge in [0.1, 0.15) is 18.0 Å². The lowest BCUT2D eigenvalue weighted by atomic mass is 10.0. The Balaban J connectivity index is 1.96. The highest BCUT2D eigenvalue weighted by molar-refractivity contribution is 7.22. The molecule has 5 N–H and O–H groups in total. The van der Waals surface area contributed by atoms with E-state index in [1.165, 1.54) is 17.7 Å². The van der Waals surface area contributed by atoms with Crippen LogP contribution in [0.3, 0.4) is 0 Å². The van der Waals surface area contributed by atoms with Gasteiger partial charge < -0.3 is 16.4 Å². The Labute approximate surface area is 167 Å². The van der Waals surface area contributed by atoms with E-state index in [9.17, 15) is 4.79 Å². The maximum absolute atomic E-state index is 11.9. The average molecular weight is 398 g/mol. The smallest absolute Gasteiger partial charge is 0.228 e. The molecule has 0 saturated heterocycles. The molecule has 0 aliphatic rings. The minimum absolute atomic E-state index is 0.0781. The third-order valence-electron chi connectivity index (χ3n) is 3.98. The Morgan fingerprint density at radius 3 is 2.64 bits per heavy atom. The highest BCUT2D eigenvalue weighted by Crippen LogP contribution is 2.29. The molecule has 146 valence electrons. The fourth-order valence-electron chi connectivity index (χ4n) is 2.56. The maximum atomic E-state index is 11.9. The first-order chi connectivity index (χ1) is 13.3. The molecule has 9 heteroatoms. The molecule has 1 amide bonds. The number of hydrogen-bond acceptors (Lipinski definition) is 8. The second kappa shape index (κ2) is 7.89. The van der Waals surface area contributed by atoms with Gasteiger partial charge in [0, 0.05) is 17.5 Å². The molecule has 28 heavy (non-hydrogen) atoms. The summed E-state index contributed by atoms with van der Waals surface area (Å²) in [4.78, 5) is 24.6. The first kappa shape index (κ1) is 19.7. The maximum Gasteiger partial charge on any atom is 0.228 e. The van der Waals surface area contributed by atoms with Crippen LogP contribution in [0.4, 0.5) is 16.8 Å². The lowest BCUT2D eigenvalue weighted by molar-refractivity contribution is -0.118. The van der Waals surface area contributed by atoms with Crippen LogP contribution in [0.5, 0.6) is 0 Å². The van der Waals surface area contributed by atoms with E-state index in [1.54, 1.807) is 0 Å². The molecule has 0 radical (unpaired) electrons. The second-order valence-corrected chi connectivity index (χ2v) is 8.03. The lowest BCUT2D eigenvalue weighted by Gasteiger charge is -2.15. The fourth-order valence-corrected chi connectivity index (χ4v) is 3.46. The highest BCUT2D eigenvalue weighted by Gasteiger charge is 2.18. The van der Waals surface area contributed by atoms with Crippen LogP contribution in [0.1, 0.15) is 38.8 Å². The summed E-state index contributed by atoms with van der Waals surface area (Å²) in [7, 11) is 0. The Kier molecular flexibility index (Phi) is 5.55. The van der Waals surface area contributed by atoms with Gasteiger partial charge in [-0.3, -0.25) is 10.2 Å². The summed E-state index contributed by atoms with van der Waals surface area (Å²) in [6, 6.07) is 5.64. The summed E-state index contributed by atoms with van der Waals surface area (Å²) in [5, 5.41) is 15.2. The first-order valence-corrected chi connectivity index (χ1v) is 9.75. The number of aromatic nitrogens is 3. The van der Waals surface area contributed by atoms with Gasteiger partial charge in [-0.1, -0.05) is 31.3 Å².